The van der Waals surface area contributed by atoms with Crippen molar-refractivity contribution >= 4 is 11.5 Å². The number of aromatic nitrogens is 2. The summed E-state index contributed by atoms with van der Waals surface area (Å²) in [7, 11) is 2.16. The number of imidazole rings is 1. The van der Waals surface area contributed by atoms with Crippen LogP contribution in [0.5, 0.6) is 0 Å². The number of anilines is 1. The highest BCUT2D eigenvalue weighted by Gasteiger charge is 2.22. The van der Waals surface area contributed by atoms with E-state index < -0.39 is 0 Å². The predicted octanol–water partition coefficient (Wildman–Crippen LogP) is 2.46. The molecule has 2 N–H and O–H groups in total. The number of nitrogens with two attached hydrogens (primary N) is 1. The van der Waals surface area contributed by atoms with Crippen LogP contribution >= 0.6 is 0 Å². The van der Waals surface area contributed by atoms with Gasteiger partial charge in [0.05, 0.1) is 5.69 Å². The number of rotatable bonds is 5. The predicted molar refractivity (Wildman–Crippen MR) is 83.2 cm³/mol. The highest BCUT2D eigenvalue weighted by molar-refractivity contribution is 5.55. The highest BCUT2D eigenvalue weighted by Crippen LogP contribution is 2.29. The zero-order valence-electron chi connectivity index (χ0n) is 12.4. The molecule has 0 bridgehead atoms. The Bertz CT molecular complexity index is 583. The summed E-state index contributed by atoms with van der Waals surface area (Å²) in [6.45, 7) is 3.16. The molecule has 1 aliphatic rings. The molecule has 1 aliphatic carbocycles. The molecule has 4 heteroatoms. The molecule has 0 spiro atoms. The van der Waals surface area contributed by atoms with Crippen LogP contribution in [-0.2, 0) is 6.42 Å². The molecule has 2 aromatic rings. The maximum atomic E-state index is 6.02. The van der Waals surface area contributed by atoms with Crippen molar-refractivity contribution < 1.29 is 0 Å². The molecule has 0 aliphatic heterocycles. The highest BCUT2D eigenvalue weighted by atomic mass is 15.2. The van der Waals surface area contributed by atoms with Crippen LogP contribution in [0.25, 0.3) is 5.65 Å². The van der Waals surface area contributed by atoms with Gasteiger partial charge in [-0.3, -0.25) is 0 Å². The first-order chi connectivity index (χ1) is 9.65. The summed E-state index contributed by atoms with van der Waals surface area (Å²) in [6.07, 6.45) is 7.05. The van der Waals surface area contributed by atoms with Gasteiger partial charge in [-0.05, 0) is 37.8 Å². The molecule has 1 saturated carbocycles. The molecule has 108 valence electrons. The van der Waals surface area contributed by atoms with Gasteiger partial charge in [-0.1, -0.05) is 12.5 Å². The standard InChI is InChI=1S/C16H24N4/c1-12(17)10-14-16(19(2)11-13-6-5-7-13)18-15-8-3-4-9-20(14)15/h3-4,8-9,12-13H,5-7,10-11,17H2,1-2H3. The molecule has 1 fully saturated rings. The molecular weight excluding hydrogens is 248 g/mol. The fraction of sp³-hybridized carbons (Fsp3) is 0.562. The molecule has 3 rings (SSSR count). The molecule has 2 aromatic heterocycles. The lowest BCUT2D eigenvalue weighted by Gasteiger charge is -2.30. The van der Waals surface area contributed by atoms with Crippen LogP contribution in [0.1, 0.15) is 31.9 Å². The molecule has 2 heterocycles. The summed E-state index contributed by atoms with van der Waals surface area (Å²) >= 11 is 0. The lowest BCUT2D eigenvalue weighted by Crippen LogP contribution is -2.30. The second-order valence-electron chi connectivity index (χ2n) is 6.17. The Morgan fingerprint density at radius 3 is 2.90 bits per heavy atom. The van der Waals surface area contributed by atoms with Crippen molar-refractivity contribution in [3.8, 4) is 0 Å². The van der Waals surface area contributed by atoms with E-state index in [0.29, 0.717) is 0 Å². The van der Waals surface area contributed by atoms with Gasteiger partial charge in [0.15, 0.2) is 5.82 Å². The van der Waals surface area contributed by atoms with Crippen molar-refractivity contribution in [1.29, 1.82) is 0 Å². The zero-order chi connectivity index (χ0) is 14.1. The molecule has 4 nitrogen and oxygen atoms in total. The number of pyridine rings is 1. The van der Waals surface area contributed by atoms with Crippen LogP contribution < -0.4 is 10.6 Å². The minimum atomic E-state index is 0.144. The minimum Gasteiger partial charge on any atom is -0.358 e. The molecule has 0 radical (unpaired) electrons. The molecule has 0 amide bonds. The van der Waals surface area contributed by atoms with Crippen molar-refractivity contribution in [2.45, 2.75) is 38.6 Å². The summed E-state index contributed by atoms with van der Waals surface area (Å²) in [5.41, 5.74) is 8.27. The lowest BCUT2D eigenvalue weighted by atomic mass is 9.85. The second-order valence-corrected chi connectivity index (χ2v) is 6.17. The van der Waals surface area contributed by atoms with Gasteiger partial charge in [0.2, 0.25) is 0 Å². The average molecular weight is 272 g/mol. The van der Waals surface area contributed by atoms with E-state index in [2.05, 4.69) is 41.6 Å². The van der Waals surface area contributed by atoms with Crippen LogP contribution in [0.3, 0.4) is 0 Å². The van der Waals surface area contributed by atoms with Gasteiger partial charge in [-0.15, -0.1) is 0 Å². The monoisotopic (exact) mass is 272 g/mol. The third-order valence-corrected chi connectivity index (χ3v) is 4.24. The molecule has 0 saturated heterocycles. The lowest BCUT2D eigenvalue weighted by molar-refractivity contribution is 0.321. The van der Waals surface area contributed by atoms with Crippen LogP contribution in [0, 0.1) is 5.92 Å². The van der Waals surface area contributed by atoms with Crippen molar-refractivity contribution in [3.05, 3.63) is 30.1 Å². The first-order valence-electron chi connectivity index (χ1n) is 7.58. The maximum Gasteiger partial charge on any atom is 0.150 e. The van der Waals surface area contributed by atoms with E-state index in [4.69, 9.17) is 10.7 Å². The average Bonchev–Trinajstić information content (AvgIpc) is 2.72. The van der Waals surface area contributed by atoms with E-state index >= 15 is 0 Å². The van der Waals surface area contributed by atoms with Crippen molar-refractivity contribution in [1.82, 2.24) is 9.38 Å². The van der Waals surface area contributed by atoms with Crippen LogP contribution in [0.2, 0.25) is 0 Å². The fourth-order valence-electron chi connectivity index (χ4n) is 2.98. The number of fused-ring (bicyclic) bond motifs is 1. The summed E-state index contributed by atoms with van der Waals surface area (Å²) in [4.78, 5) is 7.12. The van der Waals surface area contributed by atoms with Crippen molar-refractivity contribution in [3.63, 3.8) is 0 Å². The quantitative estimate of drug-likeness (QED) is 0.909. The zero-order valence-corrected chi connectivity index (χ0v) is 12.4. The molecule has 0 aromatic carbocycles. The minimum absolute atomic E-state index is 0.144. The first-order valence-corrected chi connectivity index (χ1v) is 7.58. The third-order valence-electron chi connectivity index (χ3n) is 4.24. The van der Waals surface area contributed by atoms with E-state index in [-0.39, 0.29) is 6.04 Å². The van der Waals surface area contributed by atoms with E-state index in [0.717, 1.165) is 30.3 Å². The Morgan fingerprint density at radius 1 is 1.45 bits per heavy atom. The van der Waals surface area contributed by atoms with E-state index in [1.54, 1.807) is 0 Å². The Labute approximate surface area is 120 Å². The van der Waals surface area contributed by atoms with Crippen molar-refractivity contribution in [2.75, 3.05) is 18.5 Å². The summed E-state index contributed by atoms with van der Waals surface area (Å²) < 4.78 is 2.18. The van der Waals surface area contributed by atoms with Crippen molar-refractivity contribution in [2.24, 2.45) is 11.7 Å². The van der Waals surface area contributed by atoms with Gasteiger partial charge in [0.1, 0.15) is 5.65 Å². The molecule has 1 atom stereocenters. The molecular formula is C16H24N4. The summed E-state index contributed by atoms with van der Waals surface area (Å²) in [6, 6.07) is 6.29. The van der Waals surface area contributed by atoms with E-state index in [1.807, 2.05) is 6.07 Å². The largest absolute Gasteiger partial charge is 0.358 e. The van der Waals surface area contributed by atoms with Gasteiger partial charge >= 0.3 is 0 Å². The number of hydrogen-bond donors (Lipinski definition) is 1. The smallest absolute Gasteiger partial charge is 0.150 e. The van der Waals surface area contributed by atoms with E-state index in [1.165, 1.54) is 25.0 Å². The van der Waals surface area contributed by atoms with Crippen LogP contribution in [0.15, 0.2) is 24.4 Å². The Morgan fingerprint density at radius 2 is 2.25 bits per heavy atom. The Kier molecular flexibility index (Phi) is 3.66. The molecule has 1 unspecified atom stereocenters. The Hall–Kier alpha value is -1.55. The molecule has 20 heavy (non-hydrogen) atoms. The normalized spacial score (nSPS) is 17.1. The van der Waals surface area contributed by atoms with Gasteiger partial charge in [0, 0.05) is 32.3 Å². The van der Waals surface area contributed by atoms with Gasteiger partial charge in [0.25, 0.3) is 0 Å². The number of nitrogens with zero attached hydrogens (tertiary/aromatic N) is 3. The SMILES string of the molecule is CC(N)Cc1c(N(C)CC2CCC2)nc2ccccn12. The summed E-state index contributed by atoms with van der Waals surface area (Å²) in [5, 5.41) is 0. The topological polar surface area (TPSA) is 46.6 Å². The first kappa shape index (κ1) is 13.4. The fourth-order valence-corrected chi connectivity index (χ4v) is 2.98. The van der Waals surface area contributed by atoms with Crippen LogP contribution in [0.4, 0.5) is 5.82 Å². The van der Waals surface area contributed by atoms with Gasteiger partial charge < -0.3 is 15.0 Å². The number of hydrogen-bond acceptors (Lipinski definition) is 3. The van der Waals surface area contributed by atoms with Gasteiger partial charge in [-0.25, -0.2) is 4.98 Å². The second kappa shape index (κ2) is 5.44. The van der Waals surface area contributed by atoms with Crippen LogP contribution in [-0.4, -0.2) is 29.0 Å². The maximum absolute atomic E-state index is 6.02. The van der Waals surface area contributed by atoms with E-state index in [9.17, 15) is 0 Å². The summed E-state index contributed by atoms with van der Waals surface area (Å²) in [5.74, 6) is 1.94. The Balaban J connectivity index is 1.94. The third kappa shape index (κ3) is 2.52. The van der Waals surface area contributed by atoms with Gasteiger partial charge in [-0.2, -0.15) is 0 Å².